The Morgan fingerprint density at radius 1 is 1.14 bits per heavy atom. The molecule has 13 heteroatoms. The standard InChI is InChI=1S/C31H38N2O11/c1-14(2)7-8-16-13-17(9-11-19(16)34)27(37)33-21-22(35)18-10-12-20(15(3)24(18)42-28(21)38)41-29-23(36)25(43-30(32)39)26(40-6)31(4,5)44-29/h7,9-13,23,25-26,28-29,34-36,38H,8H2,1-6H3,(H2,32,39)(H,33,37)/t23?,25?,26?,28?,29-/m1/s1. The van der Waals surface area contributed by atoms with Crippen LogP contribution in [0.4, 0.5) is 4.79 Å². The first-order chi connectivity index (χ1) is 20.6. The number of aromatic hydroxyl groups is 1. The molecule has 5 atom stereocenters. The molecule has 2 aromatic rings. The molecule has 0 bridgehead atoms. The number of phenols is 1. The van der Waals surface area contributed by atoms with Gasteiger partial charge in [-0.3, -0.25) is 4.79 Å². The molecule has 1 fully saturated rings. The first kappa shape index (κ1) is 32.6. The Morgan fingerprint density at radius 3 is 2.48 bits per heavy atom. The van der Waals surface area contributed by atoms with E-state index < -0.39 is 54.3 Å². The maximum atomic E-state index is 13.1. The number of benzene rings is 2. The van der Waals surface area contributed by atoms with Crippen LogP contribution in [-0.2, 0) is 20.6 Å². The first-order valence-electron chi connectivity index (χ1n) is 13.8. The van der Waals surface area contributed by atoms with Crippen LogP contribution in [0, 0.1) is 6.92 Å². The van der Waals surface area contributed by atoms with Crippen LogP contribution in [0.3, 0.4) is 0 Å². The molecule has 13 nitrogen and oxygen atoms in total. The number of ether oxygens (including phenoxy) is 5. The number of nitrogens with two attached hydrogens (primary N) is 1. The Hall–Kier alpha value is -4.30. The van der Waals surface area contributed by atoms with Crippen molar-refractivity contribution in [2.45, 2.75) is 77.5 Å². The molecule has 238 valence electrons. The van der Waals surface area contributed by atoms with Gasteiger partial charge in [0.05, 0.1) is 11.2 Å². The molecule has 4 rings (SSSR count). The number of carbonyl (C=O) groups is 2. The third kappa shape index (κ3) is 6.60. The molecule has 4 unspecified atom stereocenters. The molecule has 0 aliphatic carbocycles. The molecule has 0 saturated carbocycles. The van der Waals surface area contributed by atoms with E-state index in [4.69, 9.17) is 29.4 Å². The number of primary amides is 1. The highest BCUT2D eigenvalue weighted by molar-refractivity contribution is 5.96. The minimum atomic E-state index is -1.76. The second-order valence-corrected chi connectivity index (χ2v) is 11.3. The Labute approximate surface area is 254 Å². The van der Waals surface area contributed by atoms with E-state index in [1.54, 1.807) is 20.8 Å². The summed E-state index contributed by atoms with van der Waals surface area (Å²) < 4.78 is 28.1. The Kier molecular flexibility index (Phi) is 9.44. The summed E-state index contributed by atoms with van der Waals surface area (Å²) in [4.78, 5) is 24.6. The van der Waals surface area contributed by atoms with E-state index in [0.717, 1.165) is 5.57 Å². The molecule has 2 aliphatic rings. The number of rotatable bonds is 8. The fraction of sp³-hybridized carbons (Fsp3) is 0.419. The Balaban J connectivity index is 1.59. The highest BCUT2D eigenvalue weighted by Gasteiger charge is 2.53. The molecule has 1 saturated heterocycles. The van der Waals surface area contributed by atoms with Crippen molar-refractivity contribution < 1.29 is 53.7 Å². The van der Waals surface area contributed by atoms with Crippen LogP contribution >= 0.6 is 0 Å². The Morgan fingerprint density at radius 2 is 1.84 bits per heavy atom. The van der Waals surface area contributed by atoms with Crippen LogP contribution in [0.2, 0.25) is 0 Å². The van der Waals surface area contributed by atoms with Crippen molar-refractivity contribution in [3.05, 3.63) is 69.9 Å². The normalized spacial score (nSPS) is 24.0. The molecular weight excluding hydrogens is 576 g/mol. The summed E-state index contributed by atoms with van der Waals surface area (Å²) in [5.74, 6) is -0.811. The van der Waals surface area contributed by atoms with Crippen LogP contribution < -0.4 is 20.5 Å². The summed E-state index contributed by atoms with van der Waals surface area (Å²) in [6.45, 7) is 8.77. The zero-order valence-electron chi connectivity index (χ0n) is 25.3. The minimum Gasteiger partial charge on any atom is -0.508 e. The third-order valence-corrected chi connectivity index (χ3v) is 7.43. The van der Waals surface area contributed by atoms with E-state index in [2.05, 4.69) is 5.32 Å². The average Bonchev–Trinajstić information content (AvgIpc) is 2.94. The molecule has 7 N–H and O–H groups in total. The van der Waals surface area contributed by atoms with E-state index in [-0.39, 0.29) is 34.1 Å². The van der Waals surface area contributed by atoms with Gasteiger partial charge in [0.25, 0.3) is 5.91 Å². The summed E-state index contributed by atoms with van der Waals surface area (Å²) in [5, 5.41) is 45.4. The van der Waals surface area contributed by atoms with Crippen LogP contribution in [0.25, 0.3) is 5.76 Å². The molecule has 2 aromatic carbocycles. The van der Waals surface area contributed by atoms with Crippen LogP contribution in [0.1, 0.15) is 54.7 Å². The number of carbonyl (C=O) groups excluding carboxylic acids is 2. The predicted octanol–water partition coefficient (Wildman–Crippen LogP) is 2.93. The summed E-state index contributed by atoms with van der Waals surface area (Å²) in [6.07, 6.45) is -5.46. The average molecular weight is 615 g/mol. The van der Waals surface area contributed by atoms with Crippen molar-refractivity contribution in [3.8, 4) is 17.2 Å². The lowest BCUT2D eigenvalue weighted by atomic mass is 9.89. The number of amides is 2. The van der Waals surface area contributed by atoms with E-state index in [1.807, 2.05) is 19.9 Å². The van der Waals surface area contributed by atoms with Gasteiger partial charge in [-0.1, -0.05) is 11.6 Å². The number of methoxy groups -OCH3 is 1. The van der Waals surface area contributed by atoms with Gasteiger partial charge in [0.1, 0.15) is 29.0 Å². The largest absolute Gasteiger partial charge is 0.508 e. The Bertz CT molecular complexity index is 1500. The second-order valence-electron chi connectivity index (χ2n) is 11.3. The van der Waals surface area contributed by atoms with Crippen molar-refractivity contribution in [1.82, 2.24) is 5.32 Å². The molecular formula is C31H38N2O11. The fourth-order valence-corrected chi connectivity index (χ4v) is 5.16. The summed E-state index contributed by atoms with van der Waals surface area (Å²) in [5.41, 5.74) is 6.12. The lowest BCUT2D eigenvalue weighted by molar-refractivity contribution is -0.304. The van der Waals surface area contributed by atoms with E-state index in [9.17, 15) is 30.0 Å². The van der Waals surface area contributed by atoms with Gasteiger partial charge in [0, 0.05) is 18.2 Å². The minimum absolute atomic E-state index is 0.0358. The van der Waals surface area contributed by atoms with Crippen molar-refractivity contribution in [2.75, 3.05) is 7.11 Å². The number of allylic oxidation sites excluding steroid dienone is 2. The van der Waals surface area contributed by atoms with Crippen molar-refractivity contribution in [3.63, 3.8) is 0 Å². The number of hydrogen-bond donors (Lipinski definition) is 6. The predicted molar refractivity (Wildman–Crippen MR) is 157 cm³/mol. The highest BCUT2D eigenvalue weighted by Crippen LogP contribution is 2.41. The number of nitrogens with one attached hydrogen (secondary N) is 1. The zero-order valence-corrected chi connectivity index (χ0v) is 25.3. The van der Waals surface area contributed by atoms with Gasteiger partial charge in [-0.05, 0) is 76.9 Å². The number of fused-ring (bicyclic) bond motifs is 1. The fourth-order valence-electron chi connectivity index (χ4n) is 5.16. The van der Waals surface area contributed by atoms with E-state index >= 15 is 0 Å². The number of hydrogen-bond acceptors (Lipinski definition) is 11. The zero-order chi connectivity index (χ0) is 32.5. The van der Waals surface area contributed by atoms with Gasteiger partial charge >= 0.3 is 6.09 Å². The van der Waals surface area contributed by atoms with Gasteiger partial charge in [0.15, 0.2) is 18.0 Å². The van der Waals surface area contributed by atoms with Crippen molar-refractivity contribution in [1.29, 1.82) is 0 Å². The van der Waals surface area contributed by atoms with E-state index in [1.165, 1.54) is 37.4 Å². The number of phenolic OH excluding ortho intramolecular Hbond substituents is 1. The summed E-state index contributed by atoms with van der Waals surface area (Å²) >= 11 is 0. The molecule has 2 aliphatic heterocycles. The molecule has 2 heterocycles. The maximum absolute atomic E-state index is 13.1. The monoisotopic (exact) mass is 614 g/mol. The lowest BCUT2D eigenvalue weighted by Crippen LogP contribution is -2.65. The van der Waals surface area contributed by atoms with E-state index in [0.29, 0.717) is 17.5 Å². The summed E-state index contributed by atoms with van der Waals surface area (Å²) in [6, 6.07) is 7.27. The first-order valence-corrected chi connectivity index (χ1v) is 13.8. The van der Waals surface area contributed by atoms with Gasteiger partial charge in [0.2, 0.25) is 12.6 Å². The highest BCUT2D eigenvalue weighted by atomic mass is 16.7. The second kappa shape index (κ2) is 12.7. The van der Waals surface area contributed by atoms with Gasteiger partial charge in [-0.25, -0.2) is 4.79 Å². The lowest BCUT2D eigenvalue weighted by Gasteiger charge is -2.47. The molecule has 0 radical (unpaired) electrons. The smallest absolute Gasteiger partial charge is 0.404 e. The van der Waals surface area contributed by atoms with Crippen LogP contribution in [0.5, 0.6) is 17.2 Å². The van der Waals surface area contributed by atoms with Gasteiger partial charge in [-0.2, -0.15) is 0 Å². The topological polar surface area (TPSA) is 199 Å². The van der Waals surface area contributed by atoms with Crippen LogP contribution in [0.15, 0.2) is 47.7 Å². The number of aliphatic hydroxyl groups is 3. The van der Waals surface area contributed by atoms with Crippen molar-refractivity contribution >= 4 is 17.8 Å². The SMILES string of the molecule is COC1C(OC(N)=O)C(O)[C@H](Oc2ccc3c(c2C)OC(O)C(NC(=O)c2ccc(O)c(CC=C(C)C)c2)=C3O)OC1(C)C. The van der Waals surface area contributed by atoms with Gasteiger partial charge in [-0.15, -0.1) is 0 Å². The molecule has 0 spiro atoms. The van der Waals surface area contributed by atoms with Crippen molar-refractivity contribution in [2.24, 2.45) is 5.73 Å². The molecule has 0 aromatic heterocycles. The number of aliphatic hydroxyl groups excluding tert-OH is 3. The van der Waals surface area contributed by atoms with Crippen LogP contribution in [-0.4, -0.2) is 76.0 Å². The van der Waals surface area contributed by atoms with Gasteiger partial charge < -0.3 is 55.2 Å². The molecule has 2 amide bonds. The molecule has 44 heavy (non-hydrogen) atoms. The summed E-state index contributed by atoms with van der Waals surface area (Å²) in [7, 11) is 1.38. The quantitative estimate of drug-likeness (QED) is 0.239. The maximum Gasteiger partial charge on any atom is 0.404 e. The third-order valence-electron chi connectivity index (χ3n) is 7.43.